The van der Waals surface area contributed by atoms with E-state index in [9.17, 15) is 8.42 Å². The van der Waals surface area contributed by atoms with Gasteiger partial charge in [0.05, 0.1) is 4.90 Å². The number of hydrogen-bond donors (Lipinski definition) is 1. The molecule has 1 aromatic carbocycles. The van der Waals surface area contributed by atoms with Crippen molar-refractivity contribution in [1.29, 1.82) is 0 Å². The van der Waals surface area contributed by atoms with E-state index >= 15 is 0 Å². The maximum Gasteiger partial charge on any atom is 0.240 e. The lowest BCUT2D eigenvalue weighted by molar-refractivity contribution is 0.575. The van der Waals surface area contributed by atoms with Gasteiger partial charge in [0, 0.05) is 6.54 Å². The fourth-order valence-electron chi connectivity index (χ4n) is 1.63. The molecule has 0 bridgehead atoms. The molecule has 0 spiro atoms. The third-order valence-corrected chi connectivity index (χ3v) is 5.20. The molecule has 1 fully saturated rings. The zero-order valence-corrected chi connectivity index (χ0v) is 11.4. The number of sulfonamides is 1. The van der Waals surface area contributed by atoms with E-state index in [1.165, 1.54) is 0 Å². The summed E-state index contributed by atoms with van der Waals surface area (Å²) < 4.78 is 25.5. The van der Waals surface area contributed by atoms with Crippen LogP contribution in [0.15, 0.2) is 35.2 Å². The van der Waals surface area contributed by atoms with Gasteiger partial charge in [0.2, 0.25) is 10.0 Å². The molecule has 1 N–H and O–H groups in total. The van der Waals surface area contributed by atoms with E-state index in [-0.39, 0.29) is 10.8 Å². The van der Waals surface area contributed by atoms with Crippen molar-refractivity contribution in [3.05, 3.63) is 30.3 Å². The summed E-state index contributed by atoms with van der Waals surface area (Å²) in [6, 6.07) is 8.29. The van der Waals surface area contributed by atoms with E-state index in [1.54, 1.807) is 30.3 Å². The molecule has 0 heterocycles. The molecule has 1 aliphatic carbocycles. The highest BCUT2D eigenvalue weighted by Gasteiger charge is 2.50. The molecule has 0 amide bonds. The summed E-state index contributed by atoms with van der Waals surface area (Å²) >= 11 is 11.7. The lowest BCUT2D eigenvalue weighted by Gasteiger charge is -2.06. The highest BCUT2D eigenvalue weighted by molar-refractivity contribution is 7.89. The Balaban J connectivity index is 1.87. The predicted octanol–water partition coefficient (Wildman–Crippen LogP) is 2.55. The molecule has 1 atom stereocenters. The van der Waals surface area contributed by atoms with Gasteiger partial charge in [-0.1, -0.05) is 18.2 Å². The average molecular weight is 294 g/mol. The van der Waals surface area contributed by atoms with Gasteiger partial charge in [0.15, 0.2) is 0 Å². The van der Waals surface area contributed by atoms with E-state index < -0.39 is 14.4 Å². The van der Waals surface area contributed by atoms with Crippen LogP contribution in [0, 0.1) is 5.92 Å². The van der Waals surface area contributed by atoms with Gasteiger partial charge in [0.1, 0.15) is 4.33 Å². The Hall–Kier alpha value is -0.290. The number of benzene rings is 1. The summed E-state index contributed by atoms with van der Waals surface area (Å²) in [4.78, 5) is 0.277. The Morgan fingerprint density at radius 1 is 1.29 bits per heavy atom. The van der Waals surface area contributed by atoms with Crippen molar-refractivity contribution < 1.29 is 8.42 Å². The van der Waals surface area contributed by atoms with Crippen molar-refractivity contribution in [2.24, 2.45) is 5.92 Å². The summed E-state index contributed by atoms with van der Waals surface area (Å²) in [7, 11) is -3.40. The van der Waals surface area contributed by atoms with Gasteiger partial charge >= 0.3 is 0 Å². The first-order valence-corrected chi connectivity index (χ1v) is 7.58. The Morgan fingerprint density at radius 3 is 2.41 bits per heavy atom. The largest absolute Gasteiger partial charge is 0.240 e. The van der Waals surface area contributed by atoms with Crippen LogP contribution in [0.2, 0.25) is 0 Å². The molecule has 0 aliphatic heterocycles. The first kappa shape index (κ1) is 13.1. The van der Waals surface area contributed by atoms with E-state index in [0.29, 0.717) is 13.0 Å². The molecule has 17 heavy (non-hydrogen) atoms. The Bertz CT molecular complexity index is 487. The number of rotatable bonds is 5. The molecule has 1 aromatic rings. The zero-order valence-electron chi connectivity index (χ0n) is 9.07. The molecule has 0 unspecified atom stereocenters. The van der Waals surface area contributed by atoms with Gasteiger partial charge < -0.3 is 0 Å². The van der Waals surface area contributed by atoms with Crippen LogP contribution in [0.25, 0.3) is 0 Å². The Labute approximate surface area is 111 Å². The lowest BCUT2D eigenvalue weighted by atomic mass is 10.3. The van der Waals surface area contributed by atoms with Gasteiger partial charge in [-0.25, -0.2) is 13.1 Å². The fourth-order valence-corrected chi connectivity index (χ4v) is 3.29. The van der Waals surface area contributed by atoms with Gasteiger partial charge in [-0.2, -0.15) is 0 Å². The van der Waals surface area contributed by atoms with E-state index in [1.807, 2.05) is 0 Å². The maximum absolute atomic E-state index is 11.8. The molecule has 3 nitrogen and oxygen atoms in total. The second kappa shape index (κ2) is 4.76. The van der Waals surface area contributed by atoms with Gasteiger partial charge in [-0.05, 0) is 30.9 Å². The molecule has 2 rings (SSSR count). The second-order valence-electron chi connectivity index (χ2n) is 4.16. The van der Waals surface area contributed by atoms with Crippen LogP contribution in [0.3, 0.4) is 0 Å². The number of alkyl halides is 2. The zero-order chi connectivity index (χ0) is 12.5. The topological polar surface area (TPSA) is 46.2 Å². The normalized spacial score (nSPS) is 22.4. The number of halogens is 2. The first-order valence-electron chi connectivity index (χ1n) is 5.34. The predicted molar refractivity (Wildman–Crippen MR) is 68.8 cm³/mol. The molecule has 1 saturated carbocycles. The Morgan fingerprint density at radius 2 is 1.88 bits per heavy atom. The van der Waals surface area contributed by atoms with Gasteiger partial charge in [-0.15, -0.1) is 23.2 Å². The number of nitrogens with one attached hydrogen (secondary N) is 1. The van der Waals surface area contributed by atoms with Crippen molar-refractivity contribution in [1.82, 2.24) is 4.72 Å². The summed E-state index contributed by atoms with van der Waals surface area (Å²) in [5.41, 5.74) is 0. The van der Waals surface area contributed by atoms with Crippen LogP contribution in [-0.2, 0) is 10.0 Å². The number of hydrogen-bond acceptors (Lipinski definition) is 2. The molecule has 94 valence electrons. The van der Waals surface area contributed by atoms with Crippen LogP contribution >= 0.6 is 23.2 Å². The fraction of sp³-hybridized carbons (Fsp3) is 0.455. The Kier molecular flexibility index (Phi) is 3.69. The van der Waals surface area contributed by atoms with Gasteiger partial charge in [-0.3, -0.25) is 0 Å². The average Bonchev–Trinajstić information content (AvgIpc) is 2.87. The third kappa shape index (κ3) is 3.35. The minimum atomic E-state index is -3.40. The minimum absolute atomic E-state index is 0.198. The van der Waals surface area contributed by atoms with Crippen LogP contribution < -0.4 is 4.72 Å². The maximum atomic E-state index is 11.8. The molecule has 0 aromatic heterocycles. The first-order chi connectivity index (χ1) is 7.92. The van der Waals surface area contributed by atoms with E-state index in [4.69, 9.17) is 23.2 Å². The third-order valence-electron chi connectivity index (χ3n) is 2.79. The monoisotopic (exact) mass is 293 g/mol. The smallest absolute Gasteiger partial charge is 0.211 e. The summed E-state index contributed by atoms with van der Waals surface area (Å²) in [5.74, 6) is 0.198. The molecular weight excluding hydrogens is 281 g/mol. The van der Waals surface area contributed by atoms with Crippen molar-refractivity contribution >= 4 is 33.2 Å². The van der Waals surface area contributed by atoms with Crippen LogP contribution in [-0.4, -0.2) is 19.3 Å². The second-order valence-corrected chi connectivity index (χ2v) is 7.47. The highest BCUT2D eigenvalue weighted by atomic mass is 35.5. The van der Waals surface area contributed by atoms with E-state index in [0.717, 1.165) is 6.42 Å². The quantitative estimate of drug-likeness (QED) is 0.848. The van der Waals surface area contributed by atoms with Crippen LogP contribution in [0.4, 0.5) is 0 Å². The minimum Gasteiger partial charge on any atom is -0.211 e. The van der Waals surface area contributed by atoms with Crippen molar-refractivity contribution in [2.75, 3.05) is 6.54 Å². The molecule has 0 saturated heterocycles. The van der Waals surface area contributed by atoms with E-state index in [2.05, 4.69) is 4.72 Å². The lowest BCUT2D eigenvalue weighted by Crippen LogP contribution is -2.25. The SMILES string of the molecule is O=S(=O)(NCC[C@@H]1CC1(Cl)Cl)c1ccccc1. The van der Waals surface area contributed by atoms with Crippen LogP contribution in [0.1, 0.15) is 12.8 Å². The van der Waals surface area contributed by atoms with Crippen LogP contribution in [0.5, 0.6) is 0 Å². The van der Waals surface area contributed by atoms with Crippen molar-refractivity contribution in [3.8, 4) is 0 Å². The molecule has 6 heteroatoms. The summed E-state index contributed by atoms with van der Waals surface area (Å²) in [6.45, 7) is 0.364. The van der Waals surface area contributed by atoms with Crippen molar-refractivity contribution in [3.63, 3.8) is 0 Å². The van der Waals surface area contributed by atoms with Crippen molar-refractivity contribution in [2.45, 2.75) is 22.1 Å². The summed E-state index contributed by atoms with van der Waals surface area (Å²) in [5, 5.41) is 0. The molecular formula is C11H13Cl2NO2S. The standard InChI is InChI=1S/C11H13Cl2NO2S/c12-11(13)8-9(11)6-7-14-17(15,16)10-4-2-1-3-5-10/h1-5,9,14H,6-8H2/t9-/m1/s1. The van der Waals surface area contributed by atoms with Gasteiger partial charge in [0.25, 0.3) is 0 Å². The highest BCUT2D eigenvalue weighted by Crippen LogP contribution is 2.54. The molecule has 0 radical (unpaired) electrons. The molecule has 1 aliphatic rings. The summed E-state index contributed by atoms with van der Waals surface area (Å²) in [6.07, 6.45) is 1.40.